The van der Waals surface area contributed by atoms with Crippen molar-refractivity contribution in [2.45, 2.75) is 32.0 Å². The molecule has 0 saturated carbocycles. The van der Waals surface area contributed by atoms with E-state index >= 15 is 0 Å². The fourth-order valence-electron chi connectivity index (χ4n) is 2.44. The number of hydrogen-bond donors (Lipinski definition) is 1. The average molecular weight is 362 g/mol. The monoisotopic (exact) mass is 361 g/mol. The molecule has 7 heteroatoms. The Morgan fingerprint density at radius 1 is 1.57 bits per heavy atom. The first-order valence-electron chi connectivity index (χ1n) is 7.40. The van der Waals surface area contributed by atoms with Crippen LogP contribution >= 0.6 is 15.9 Å². The van der Waals surface area contributed by atoms with E-state index in [1.54, 1.807) is 7.11 Å². The van der Waals surface area contributed by atoms with Crippen LogP contribution in [0.25, 0.3) is 0 Å². The first-order valence-corrected chi connectivity index (χ1v) is 8.20. The fourth-order valence-corrected chi connectivity index (χ4v) is 2.98. The zero-order valence-electron chi connectivity index (χ0n) is 12.7. The molecule has 0 spiro atoms. The van der Waals surface area contributed by atoms with Crippen LogP contribution in [0.3, 0.4) is 0 Å². The molecular formula is C14H24BrN3O3. The van der Waals surface area contributed by atoms with E-state index in [2.05, 4.69) is 33.3 Å². The minimum atomic E-state index is -0.000375. The molecular weight excluding hydrogens is 338 g/mol. The van der Waals surface area contributed by atoms with Crippen molar-refractivity contribution >= 4 is 15.9 Å². The van der Waals surface area contributed by atoms with E-state index in [-0.39, 0.29) is 12.1 Å². The molecule has 1 aliphatic heterocycles. The lowest BCUT2D eigenvalue weighted by atomic mass is 10.1. The quantitative estimate of drug-likeness (QED) is 0.764. The molecule has 21 heavy (non-hydrogen) atoms. The van der Waals surface area contributed by atoms with Crippen LogP contribution in [-0.4, -0.2) is 56.0 Å². The summed E-state index contributed by atoms with van der Waals surface area (Å²) in [7, 11) is 1.70. The first-order chi connectivity index (χ1) is 10.3. The second-order valence-corrected chi connectivity index (χ2v) is 5.86. The van der Waals surface area contributed by atoms with E-state index < -0.39 is 0 Å². The van der Waals surface area contributed by atoms with Gasteiger partial charge in [0.25, 0.3) is 0 Å². The van der Waals surface area contributed by atoms with Gasteiger partial charge in [0.1, 0.15) is 6.10 Å². The van der Waals surface area contributed by atoms with Gasteiger partial charge in [-0.25, -0.2) is 0 Å². The van der Waals surface area contributed by atoms with E-state index in [1.807, 2.05) is 10.9 Å². The molecule has 0 aromatic carbocycles. The molecule has 0 radical (unpaired) electrons. The van der Waals surface area contributed by atoms with Gasteiger partial charge in [0, 0.05) is 7.11 Å². The van der Waals surface area contributed by atoms with Crippen molar-refractivity contribution < 1.29 is 14.2 Å². The van der Waals surface area contributed by atoms with Gasteiger partial charge in [-0.2, -0.15) is 5.10 Å². The molecule has 0 amide bonds. The number of rotatable bonds is 8. The lowest BCUT2D eigenvalue weighted by Crippen LogP contribution is -2.42. The van der Waals surface area contributed by atoms with E-state index in [0.717, 1.165) is 29.7 Å². The Balaban J connectivity index is 2.19. The first kappa shape index (κ1) is 16.9. The zero-order chi connectivity index (χ0) is 15.1. The lowest BCUT2D eigenvalue weighted by Gasteiger charge is -2.32. The second kappa shape index (κ2) is 8.85. The molecule has 0 aliphatic carbocycles. The highest BCUT2D eigenvalue weighted by molar-refractivity contribution is 9.10. The van der Waals surface area contributed by atoms with Crippen molar-refractivity contribution in [1.82, 2.24) is 15.1 Å². The second-order valence-electron chi connectivity index (χ2n) is 5.01. The van der Waals surface area contributed by atoms with E-state index in [9.17, 15) is 0 Å². The summed E-state index contributed by atoms with van der Waals surface area (Å²) in [6.07, 6.45) is 2.89. The van der Waals surface area contributed by atoms with Crippen LogP contribution in [0.1, 0.15) is 25.1 Å². The van der Waals surface area contributed by atoms with E-state index in [0.29, 0.717) is 26.4 Å². The Hall–Kier alpha value is -0.470. The highest BCUT2D eigenvalue weighted by Gasteiger charge is 2.30. The number of ether oxygens (including phenoxy) is 3. The molecule has 1 aromatic heterocycles. The number of nitrogens with one attached hydrogen (secondary N) is 1. The number of methoxy groups -OCH3 is 1. The molecule has 0 bridgehead atoms. The molecule has 2 atom stereocenters. The summed E-state index contributed by atoms with van der Waals surface area (Å²) in [6, 6.07) is 0.0546. The van der Waals surface area contributed by atoms with Crippen LogP contribution in [0.15, 0.2) is 10.7 Å². The summed E-state index contributed by atoms with van der Waals surface area (Å²) in [6.45, 7) is 6.33. The van der Waals surface area contributed by atoms with Gasteiger partial charge in [-0.1, -0.05) is 6.92 Å². The third kappa shape index (κ3) is 4.50. The summed E-state index contributed by atoms with van der Waals surface area (Å²) < 4.78 is 19.6. The zero-order valence-corrected chi connectivity index (χ0v) is 14.3. The van der Waals surface area contributed by atoms with Crippen LogP contribution in [0.5, 0.6) is 0 Å². The topological polar surface area (TPSA) is 57.5 Å². The van der Waals surface area contributed by atoms with Crippen molar-refractivity contribution in [2.24, 2.45) is 0 Å². The van der Waals surface area contributed by atoms with Crippen molar-refractivity contribution in [3.63, 3.8) is 0 Å². The largest absolute Gasteiger partial charge is 0.383 e. The summed E-state index contributed by atoms with van der Waals surface area (Å²) in [5, 5.41) is 7.99. The number of halogens is 1. The predicted octanol–water partition coefficient (Wildman–Crippen LogP) is 1.75. The van der Waals surface area contributed by atoms with Gasteiger partial charge in [0.05, 0.1) is 55.4 Å². The number of nitrogens with zero attached hydrogens (tertiary/aromatic N) is 2. The molecule has 2 rings (SSSR count). The Morgan fingerprint density at radius 2 is 2.43 bits per heavy atom. The highest BCUT2D eigenvalue weighted by Crippen LogP contribution is 2.28. The maximum absolute atomic E-state index is 5.89. The molecule has 1 N–H and O–H groups in total. The Morgan fingerprint density at radius 3 is 3.10 bits per heavy atom. The van der Waals surface area contributed by atoms with Crippen LogP contribution in [-0.2, 0) is 20.8 Å². The van der Waals surface area contributed by atoms with Gasteiger partial charge in [0.15, 0.2) is 0 Å². The summed E-state index contributed by atoms with van der Waals surface area (Å²) in [4.78, 5) is 0. The predicted molar refractivity (Wildman–Crippen MR) is 83.4 cm³/mol. The Labute approximate surface area is 134 Å². The molecule has 2 heterocycles. The van der Waals surface area contributed by atoms with Crippen LogP contribution in [0.2, 0.25) is 0 Å². The summed E-state index contributed by atoms with van der Waals surface area (Å²) in [5.74, 6) is 0. The minimum absolute atomic E-state index is 0.000375. The van der Waals surface area contributed by atoms with Gasteiger partial charge >= 0.3 is 0 Å². The number of aromatic nitrogens is 2. The average Bonchev–Trinajstić information content (AvgIpc) is 2.88. The maximum Gasteiger partial charge on any atom is 0.102 e. The van der Waals surface area contributed by atoms with Crippen LogP contribution < -0.4 is 5.32 Å². The standard InChI is InChI=1S/C14H24BrN3O3/c1-3-4-16-13(12-10-20-7-8-21-12)14-11(15)9-17-18(14)5-6-19-2/h9,12-13,16H,3-8,10H2,1-2H3. The fraction of sp³-hybridized carbons (Fsp3) is 0.786. The smallest absolute Gasteiger partial charge is 0.102 e. The molecule has 1 saturated heterocycles. The lowest BCUT2D eigenvalue weighted by molar-refractivity contribution is -0.103. The molecule has 2 unspecified atom stereocenters. The van der Waals surface area contributed by atoms with Gasteiger partial charge in [-0.3, -0.25) is 4.68 Å². The minimum Gasteiger partial charge on any atom is -0.383 e. The van der Waals surface area contributed by atoms with Gasteiger partial charge < -0.3 is 19.5 Å². The molecule has 1 aromatic rings. The summed E-state index contributed by atoms with van der Waals surface area (Å²) in [5.41, 5.74) is 1.09. The molecule has 120 valence electrons. The maximum atomic E-state index is 5.89. The van der Waals surface area contributed by atoms with Crippen LogP contribution in [0.4, 0.5) is 0 Å². The normalized spacial score (nSPS) is 20.6. The Kier molecular flexibility index (Phi) is 7.12. The van der Waals surface area contributed by atoms with Gasteiger partial charge in [0.2, 0.25) is 0 Å². The Bertz CT molecular complexity index is 422. The van der Waals surface area contributed by atoms with E-state index in [1.165, 1.54) is 0 Å². The van der Waals surface area contributed by atoms with E-state index in [4.69, 9.17) is 14.2 Å². The van der Waals surface area contributed by atoms with Gasteiger partial charge in [-0.05, 0) is 28.9 Å². The summed E-state index contributed by atoms with van der Waals surface area (Å²) >= 11 is 3.61. The van der Waals surface area contributed by atoms with Crippen molar-refractivity contribution in [3.05, 3.63) is 16.4 Å². The molecule has 6 nitrogen and oxygen atoms in total. The van der Waals surface area contributed by atoms with Crippen LogP contribution in [0, 0.1) is 0 Å². The van der Waals surface area contributed by atoms with Crippen molar-refractivity contribution in [2.75, 3.05) is 40.1 Å². The number of hydrogen-bond acceptors (Lipinski definition) is 5. The van der Waals surface area contributed by atoms with Crippen molar-refractivity contribution in [1.29, 1.82) is 0 Å². The third-order valence-corrected chi connectivity index (χ3v) is 4.07. The third-order valence-electron chi connectivity index (χ3n) is 3.46. The SMILES string of the molecule is CCCNC(c1c(Br)cnn1CCOC)C1COCCO1. The molecule has 1 fully saturated rings. The molecule has 1 aliphatic rings. The van der Waals surface area contributed by atoms with Gasteiger partial charge in [-0.15, -0.1) is 0 Å². The highest BCUT2D eigenvalue weighted by atomic mass is 79.9. The van der Waals surface area contributed by atoms with Crippen molar-refractivity contribution in [3.8, 4) is 0 Å².